The summed E-state index contributed by atoms with van der Waals surface area (Å²) >= 11 is 0. The fraction of sp³-hybridized carbons (Fsp3) is 0.462. The van der Waals surface area contributed by atoms with Gasteiger partial charge in [-0.05, 0) is 30.7 Å². The molecular weight excluding hydrogens is 278 g/mol. The molecule has 0 saturated carbocycles. The zero-order valence-corrected chi connectivity index (χ0v) is 12.5. The lowest BCUT2D eigenvalue weighted by Crippen LogP contribution is -2.50. The molecule has 0 aromatic heterocycles. The third-order valence-electron chi connectivity index (χ3n) is 3.34. The van der Waals surface area contributed by atoms with E-state index in [9.17, 15) is 13.2 Å². The smallest absolute Gasteiger partial charge is 0.254 e. The largest absolute Gasteiger partial charge is 0.399 e. The minimum absolute atomic E-state index is 0.103. The molecule has 1 fully saturated rings. The quantitative estimate of drug-likeness (QED) is 0.796. The number of aryl methyl sites for hydroxylation is 1. The highest BCUT2D eigenvalue weighted by molar-refractivity contribution is 7.88. The Hall–Kier alpha value is -1.60. The van der Waals surface area contributed by atoms with Gasteiger partial charge in [0.1, 0.15) is 0 Å². The Morgan fingerprint density at radius 1 is 1.15 bits per heavy atom. The normalized spacial score (nSPS) is 17.2. The molecule has 20 heavy (non-hydrogen) atoms. The highest BCUT2D eigenvalue weighted by Gasteiger charge is 2.26. The third kappa shape index (κ3) is 3.29. The molecule has 0 radical (unpaired) electrons. The standard InChI is InChI=1S/C13H19N3O3S/c1-10-7-11(9-12(14)8-10)13(17)15-3-5-16(6-4-15)20(2,18)19/h7-9H,3-6,14H2,1-2H3. The number of hydrogen-bond donors (Lipinski definition) is 1. The van der Waals surface area contributed by atoms with Gasteiger partial charge in [0.25, 0.3) is 5.91 Å². The highest BCUT2D eigenvalue weighted by Crippen LogP contribution is 2.15. The molecule has 7 heteroatoms. The van der Waals surface area contributed by atoms with Crippen LogP contribution in [0.2, 0.25) is 0 Å². The molecule has 2 rings (SSSR count). The van der Waals surface area contributed by atoms with E-state index in [2.05, 4.69) is 0 Å². The molecular formula is C13H19N3O3S. The van der Waals surface area contributed by atoms with Gasteiger partial charge in [0, 0.05) is 37.4 Å². The molecule has 0 spiro atoms. The van der Waals surface area contributed by atoms with Crippen LogP contribution < -0.4 is 5.73 Å². The second-order valence-corrected chi connectivity index (χ2v) is 7.07. The summed E-state index contributed by atoms with van der Waals surface area (Å²) in [5, 5.41) is 0. The summed E-state index contributed by atoms with van der Waals surface area (Å²) in [4.78, 5) is 14.0. The van der Waals surface area contributed by atoms with Crippen LogP contribution in [-0.4, -0.2) is 56.0 Å². The van der Waals surface area contributed by atoms with Crippen LogP contribution in [-0.2, 0) is 10.0 Å². The van der Waals surface area contributed by atoms with E-state index in [0.29, 0.717) is 37.4 Å². The van der Waals surface area contributed by atoms with Crippen LogP contribution >= 0.6 is 0 Å². The average Bonchev–Trinajstić information content (AvgIpc) is 2.36. The fourth-order valence-electron chi connectivity index (χ4n) is 2.34. The van der Waals surface area contributed by atoms with Gasteiger partial charge in [0.05, 0.1) is 6.26 Å². The fourth-order valence-corrected chi connectivity index (χ4v) is 3.17. The number of benzene rings is 1. The highest BCUT2D eigenvalue weighted by atomic mass is 32.2. The van der Waals surface area contributed by atoms with Crippen LogP contribution in [0.5, 0.6) is 0 Å². The van der Waals surface area contributed by atoms with E-state index >= 15 is 0 Å². The lowest BCUT2D eigenvalue weighted by Gasteiger charge is -2.33. The van der Waals surface area contributed by atoms with E-state index in [-0.39, 0.29) is 5.91 Å². The molecule has 1 aliphatic rings. The van der Waals surface area contributed by atoms with Crippen molar-refractivity contribution in [1.29, 1.82) is 0 Å². The van der Waals surface area contributed by atoms with Gasteiger partial charge in [-0.1, -0.05) is 0 Å². The molecule has 6 nitrogen and oxygen atoms in total. The first kappa shape index (κ1) is 14.8. The first-order chi connectivity index (χ1) is 9.27. The summed E-state index contributed by atoms with van der Waals surface area (Å²) in [7, 11) is -3.18. The lowest BCUT2D eigenvalue weighted by atomic mass is 10.1. The van der Waals surface area contributed by atoms with E-state index in [1.807, 2.05) is 6.92 Å². The van der Waals surface area contributed by atoms with Crippen molar-refractivity contribution in [3.05, 3.63) is 29.3 Å². The van der Waals surface area contributed by atoms with Gasteiger partial charge in [-0.15, -0.1) is 0 Å². The van der Waals surface area contributed by atoms with Gasteiger partial charge < -0.3 is 10.6 Å². The number of nitrogen functional groups attached to an aromatic ring is 1. The van der Waals surface area contributed by atoms with Crippen molar-refractivity contribution in [2.75, 3.05) is 38.2 Å². The van der Waals surface area contributed by atoms with Crippen molar-refractivity contribution in [1.82, 2.24) is 9.21 Å². The van der Waals surface area contributed by atoms with Crippen LogP contribution in [0.4, 0.5) is 5.69 Å². The molecule has 1 amide bonds. The maximum Gasteiger partial charge on any atom is 0.254 e. The second-order valence-electron chi connectivity index (χ2n) is 5.09. The molecule has 2 N–H and O–H groups in total. The number of anilines is 1. The van der Waals surface area contributed by atoms with Crippen molar-refractivity contribution < 1.29 is 13.2 Å². The van der Waals surface area contributed by atoms with E-state index in [1.54, 1.807) is 23.1 Å². The number of carbonyl (C=O) groups is 1. The van der Waals surface area contributed by atoms with Crippen LogP contribution in [0, 0.1) is 6.92 Å². The number of nitrogens with two attached hydrogens (primary N) is 1. The summed E-state index contributed by atoms with van der Waals surface area (Å²) in [5.41, 5.74) is 7.79. The van der Waals surface area contributed by atoms with Crippen LogP contribution in [0.3, 0.4) is 0 Å². The topological polar surface area (TPSA) is 83.7 Å². The monoisotopic (exact) mass is 297 g/mol. The summed E-state index contributed by atoms with van der Waals surface area (Å²) < 4.78 is 24.2. The number of sulfonamides is 1. The predicted octanol–water partition coefficient (Wildman–Crippen LogP) is 0.295. The van der Waals surface area contributed by atoms with Crippen LogP contribution in [0.15, 0.2) is 18.2 Å². The maximum atomic E-state index is 12.4. The Labute approximate surface area is 119 Å². The van der Waals surface area contributed by atoms with Crippen molar-refractivity contribution in [3.8, 4) is 0 Å². The summed E-state index contributed by atoms with van der Waals surface area (Å²) in [6.45, 7) is 3.37. The molecule has 1 aromatic carbocycles. The Morgan fingerprint density at radius 3 is 2.25 bits per heavy atom. The van der Waals surface area contributed by atoms with Gasteiger partial charge in [-0.2, -0.15) is 4.31 Å². The van der Waals surface area contributed by atoms with Crippen molar-refractivity contribution in [2.24, 2.45) is 0 Å². The van der Waals surface area contributed by atoms with Crippen molar-refractivity contribution in [3.63, 3.8) is 0 Å². The Bertz CT molecular complexity index is 599. The van der Waals surface area contributed by atoms with Crippen LogP contribution in [0.1, 0.15) is 15.9 Å². The number of hydrogen-bond acceptors (Lipinski definition) is 4. The maximum absolute atomic E-state index is 12.4. The summed E-state index contributed by atoms with van der Waals surface area (Å²) in [5.74, 6) is -0.103. The van der Waals surface area contributed by atoms with Gasteiger partial charge >= 0.3 is 0 Å². The minimum Gasteiger partial charge on any atom is -0.399 e. The SMILES string of the molecule is Cc1cc(N)cc(C(=O)N2CCN(S(C)(=O)=O)CC2)c1. The average molecular weight is 297 g/mol. The number of nitrogens with zero attached hydrogens (tertiary/aromatic N) is 2. The minimum atomic E-state index is -3.18. The van der Waals surface area contributed by atoms with E-state index in [0.717, 1.165) is 5.56 Å². The number of piperazine rings is 1. The second kappa shape index (κ2) is 5.41. The number of rotatable bonds is 2. The lowest BCUT2D eigenvalue weighted by molar-refractivity contribution is 0.0698. The van der Waals surface area contributed by atoms with Gasteiger partial charge in [0.2, 0.25) is 10.0 Å². The molecule has 1 aromatic rings. The van der Waals surface area contributed by atoms with E-state index in [1.165, 1.54) is 10.6 Å². The molecule has 1 saturated heterocycles. The van der Waals surface area contributed by atoms with Crippen LogP contribution in [0.25, 0.3) is 0 Å². The third-order valence-corrected chi connectivity index (χ3v) is 4.64. The Morgan fingerprint density at radius 2 is 1.75 bits per heavy atom. The molecule has 0 unspecified atom stereocenters. The Kier molecular flexibility index (Phi) is 4.01. The number of carbonyl (C=O) groups excluding carboxylic acids is 1. The predicted molar refractivity (Wildman–Crippen MR) is 77.9 cm³/mol. The molecule has 0 bridgehead atoms. The summed E-state index contributed by atoms with van der Waals surface area (Å²) in [6, 6.07) is 5.25. The number of amides is 1. The molecule has 1 aliphatic heterocycles. The Balaban J connectivity index is 2.09. The first-order valence-electron chi connectivity index (χ1n) is 6.39. The molecule has 0 atom stereocenters. The molecule has 110 valence electrons. The molecule has 1 heterocycles. The summed E-state index contributed by atoms with van der Waals surface area (Å²) in [6.07, 6.45) is 1.19. The van der Waals surface area contributed by atoms with Crippen molar-refractivity contribution >= 4 is 21.6 Å². The van der Waals surface area contributed by atoms with Gasteiger partial charge in [-0.25, -0.2) is 8.42 Å². The zero-order chi connectivity index (χ0) is 14.9. The molecule has 0 aliphatic carbocycles. The van der Waals surface area contributed by atoms with E-state index in [4.69, 9.17) is 5.73 Å². The zero-order valence-electron chi connectivity index (χ0n) is 11.7. The van der Waals surface area contributed by atoms with Gasteiger partial charge in [0.15, 0.2) is 0 Å². The van der Waals surface area contributed by atoms with Crippen molar-refractivity contribution in [2.45, 2.75) is 6.92 Å². The van der Waals surface area contributed by atoms with Gasteiger partial charge in [-0.3, -0.25) is 4.79 Å². The van der Waals surface area contributed by atoms with E-state index < -0.39 is 10.0 Å². The first-order valence-corrected chi connectivity index (χ1v) is 8.24.